The standard InChI is InChI=1S/C26H23ClF2N4O4S/c1-3-36-23-13-18(12-22(27)25(23)37-15-17-5-4-6-20(29)11-17)24(14-32(34)35)38-26-31-30-16(2)33(26)21-9-7-19(28)8-10-21/h4-13,24H,3,14-15H2,1-2H3/t24-/m0/s1. The molecule has 0 aliphatic carbocycles. The van der Waals surface area contributed by atoms with Crippen molar-refractivity contribution in [2.45, 2.75) is 30.9 Å². The van der Waals surface area contributed by atoms with Crippen LogP contribution in [0.4, 0.5) is 8.78 Å². The molecule has 198 valence electrons. The number of ether oxygens (including phenoxy) is 2. The van der Waals surface area contributed by atoms with Crippen molar-refractivity contribution in [3.63, 3.8) is 0 Å². The summed E-state index contributed by atoms with van der Waals surface area (Å²) in [7, 11) is 0. The zero-order valence-electron chi connectivity index (χ0n) is 20.4. The van der Waals surface area contributed by atoms with Crippen molar-refractivity contribution in [1.29, 1.82) is 0 Å². The van der Waals surface area contributed by atoms with E-state index in [1.807, 2.05) is 0 Å². The van der Waals surface area contributed by atoms with E-state index in [2.05, 4.69) is 10.2 Å². The van der Waals surface area contributed by atoms with E-state index >= 15 is 0 Å². The van der Waals surface area contributed by atoms with Crippen molar-refractivity contribution in [2.24, 2.45) is 0 Å². The molecule has 0 saturated carbocycles. The molecule has 8 nitrogen and oxygen atoms in total. The third-order valence-electron chi connectivity index (χ3n) is 5.42. The van der Waals surface area contributed by atoms with E-state index in [1.54, 1.807) is 54.8 Å². The van der Waals surface area contributed by atoms with Crippen LogP contribution in [0.5, 0.6) is 11.5 Å². The second-order valence-electron chi connectivity index (χ2n) is 8.15. The highest BCUT2D eigenvalue weighted by molar-refractivity contribution is 7.99. The lowest BCUT2D eigenvalue weighted by Gasteiger charge is -2.19. The van der Waals surface area contributed by atoms with E-state index in [4.69, 9.17) is 21.1 Å². The third-order valence-corrected chi connectivity index (χ3v) is 6.88. The Bertz CT molecular complexity index is 1440. The summed E-state index contributed by atoms with van der Waals surface area (Å²) in [6, 6.07) is 15.0. The topological polar surface area (TPSA) is 92.3 Å². The van der Waals surface area contributed by atoms with Crippen LogP contribution >= 0.6 is 23.4 Å². The summed E-state index contributed by atoms with van der Waals surface area (Å²) in [5.74, 6) is 0.306. The van der Waals surface area contributed by atoms with Gasteiger partial charge in [0.1, 0.15) is 29.3 Å². The van der Waals surface area contributed by atoms with E-state index in [1.165, 1.54) is 24.3 Å². The minimum absolute atomic E-state index is 0.0457. The molecule has 0 unspecified atom stereocenters. The van der Waals surface area contributed by atoms with Gasteiger partial charge in [0, 0.05) is 10.6 Å². The number of benzene rings is 3. The fourth-order valence-electron chi connectivity index (χ4n) is 3.74. The molecule has 0 spiro atoms. The van der Waals surface area contributed by atoms with Crippen LogP contribution < -0.4 is 9.47 Å². The molecular formula is C26H23ClF2N4O4S. The normalized spacial score (nSPS) is 11.8. The van der Waals surface area contributed by atoms with Crippen LogP contribution in [-0.2, 0) is 6.61 Å². The monoisotopic (exact) mass is 560 g/mol. The maximum atomic E-state index is 13.6. The Balaban J connectivity index is 1.67. The number of nitrogens with zero attached hydrogens (tertiary/aromatic N) is 4. The molecule has 3 aromatic carbocycles. The maximum absolute atomic E-state index is 13.6. The Hall–Kier alpha value is -3.70. The molecule has 1 heterocycles. The molecule has 0 radical (unpaired) electrons. The van der Waals surface area contributed by atoms with E-state index in [9.17, 15) is 18.9 Å². The van der Waals surface area contributed by atoms with Crippen LogP contribution in [0.2, 0.25) is 5.02 Å². The summed E-state index contributed by atoms with van der Waals surface area (Å²) < 4.78 is 40.3. The number of aromatic nitrogens is 3. The van der Waals surface area contributed by atoms with Crippen LogP contribution in [0.3, 0.4) is 0 Å². The average molecular weight is 561 g/mol. The average Bonchev–Trinajstić information content (AvgIpc) is 3.23. The lowest BCUT2D eigenvalue weighted by atomic mass is 10.1. The third kappa shape index (κ3) is 6.59. The minimum Gasteiger partial charge on any atom is -0.490 e. The zero-order valence-corrected chi connectivity index (χ0v) is 22.0. The first-order chi connectivity index (χ1) is 18.2. The number of hydrogen-bond donors (Lipinski definition) is 0. The molecule has 4 aromatic rings. The lowest BCUT2D eigenvalue weighted by Crippen LogP contribution is -2.12. The van der Waals surface area contributed by atoms with E-state index < -0.39 is 22.5 Å². The first kappa shape index (κ1) is 27.3. The summed E-state index contributed by atoms with van der Waals surface area (Å²) in [6.45, 7) is 3.42. The predicted molar refractivity (Wildman–Crippen MR) is 140 cm³/mol. The minimum atomic E-state index is -0.721. The van der Waals surface area contributed by atoms with Crippen LogP contribution in [0.15, 0.2) is 65.8 Å². The smallest absolute Gasteiger partial charge is 0.220 e. The maximum Gasteiger partial charge on any atom is 0.220 e. The highest BCUT2D eigenvalue weighted by atomic mass is 35.5. The Kier molecular flexibility index (Phi) is 8.80. The summed E-state index contributed by atoms with van der Waals surface area (Å²) in [5, 5.41) is 19.8. The Labute approximate surface area is 226 Å². The van der Waals surface area contributed by atoms with Gasteiger partial charge < -0.3 is 9.47 Å². The van der Waals surface area contributed by atoms with Crippen LogP contribution in [0, 0.1) is 28.7 Å². The van der Waals surface area contributed by atoms with E-state index in [-0.39, 0.29) is 23.2 Å². The SMILES string of the molecule is CCOc1cc([C@H](C[N+](=O)[O-])Sc2nnc(C)n2-c2ccc(F)cc2)cc(Cl)c1OCc1cccc(F)c1. The van der Waals surface area contributed by atoms with Gasteiger partial charge in [-0.25, -0.2) is 8.78 Å². The van der Waals surface area contributed by atoms with Crippen LogP contribution in [0.25, 0.3) is 5.69 Å². The van der Waals surface area contributed by atoms with Gasteiger partial charge in [0.05, 0.1) is 11.6 Å². The molecule has 12 heteroatoms. The second-order valence-corrected chi connectivity index (χ2v) is 9.72. The van der Waals surface area contributed by atoms with Crippen molar-refractivity contribution in [3.8, 4) is 17.2 Å². The number of aryl methyl sites for hydroxylation is 1. The molecule has 4 rings (SSSR count). The van der Waals surface area contributed by atoms with Gasteiger partial charge in [0.2, 0.25) is 6.54 Å². The molecule has 0 aliphatic heterocycles. The Morgan fingerprint density at radius 2 is 1.84 bits per heavy atom. The molecule has 1 atom stereocenters. The lowest BCUT2D eigenvalue weighted by molar-refractivity contribution is -0.479. The summed E-state index contributed by atoms with van der Waals surface area (Å²) in [5.41, 5.74) is 1.74. The van der Waals surface area contributed by atoms with Crippen molar-refractivity contribution < 1.29 is 23.2 Å². The molecule has 0 aliphatic rings. The summed E-state index contributed by atoms with van der Waals surface area (Å²) >= 11 is 7.70. The second kappa shape index (κ2) is 12.2. The van der Waals surface area contributed by atoms with Crippen LogP contribution in [-0.4, -0.2) is 32.8 Å². The molecule has 0 fully saturated rings. The van der Waals surface area contributed by atoms with Crippen LogP contribution in [0.1, 0.15) is 29.1 Å². The van der Waals surface area contributed by atoms with Gasteiger partial charge in [0.15, 0.2) is 16.7 Å². The van der Waals surface area contributed by atoms with Crippen molar-refractivity contribution in [3.05, 3.63) is 104 Å². The van der Waals surface area contributed by atoms with Gasteiger partial charge in [-0.2, -0.15) is 0 Å². The number of hydrogen-bond acceptors (Lipinski definition) is 7. The van der Waals surface area contributed by atoms with Gasteiger partial charge in [-0.3, -0.25) is 14.7 Å². The first-order valence-electron chi connectivity index (χ1n) is 11.5. The molecule has 38 heavy (non-hydrogen) atoms. The Morgan fingerprint density at radius 1 is 1.08 bits per heavy atom. The fourth-order valence-corrected chi connectivity index (χ4v) is 5.17. The van der Waals surface area contributed by atoms with Gasteiger partial charge >= 0.3 is 0 Å². The van der Waals surface area contributed by atoms with E-state index in [0.29, 0.717) is 40.2 Å². The van der Waals surface area contributed by atoms with Crippen molar-refractivity contribution >= 4 is 23.4 Å². The van der Waals surface area contributed by atoms with E-state index in [0.717, 1.165) is 11.8 Å². The first-order valence-corrected chi connectivity index (χ1v) is 12.8. The number of thioether (sulfide) groups is 1. The Morgan fingerprint density at radius 3 is 2.53 bits per heavy atom. The summed E-state index contributed by atoms with van der Waals surface area (Å²) in [4.78, 5) is 11.2. The van der Waals surface area contributed by atoms with Gasteiger partial charge in [-0.05, 0) is 73.5 Å². The highest BCUT2D eigenvalue weighted by Crippen LogP contribution is 2.43. The van der Waals surface area contributed by atoms with Crippen molar-refractivity contribution in [2.75, 3.05) is 13.2 Å². The molecule has 0 N–H and O–H groups in total. The van der Waals surface area contributed by atoms with Gasteiger partial charge in [-0.1, -0.05) is 35.5 Å². The number of nitro groups is 1. The predicted octanol–water partition coefficient (Wildman–Crippen LogP) is 6.60. The van der Waals surface area contributed by atoms with Crippen molar-refractivity contribution in [1.82, 2.24) is 14.8 Å². The van der Waals surface area contributed by atoms with Gasteiger partial charge in [0.25, 0.3) is 0 Å². The summed E-state index contributed by atoms with van der Waals surface area (Å²) in [6.07, 6.45) is 0. The largest absolute Gasteiger partial charge is 0.490 e. The molecule has 0 saturated heterocycles. The molecule has 0 bridgehead atoms. The molecule has 1 aromatic heterocycles. The van der Waals surface area contributed by atoms with Gasteiger partial charge in [-0.15, -0.1) is 10.2 Å². The molecule has 0 amide bonds. The number of rotatable bonds is 11. The fraction of sp³-hybridized carbons (Fsp3) is 0.231. The highest BCUT2D eigenvalue weighted by Gasteiger charge is 2.26. The number of halogens is 3. The molecular weight excluding hydrogens is 538 g/mol. The zero-order chi connectivity index (χ0) is 27.2. The quantitative estimate of drug-likeness (QED) is 0.116.